The van der Waals surface area contributed by atoms with Crippen LogP contribution in [0.1, 0.15) is 46.6 Å². The van der Waals surface area contributed by atoms with Crippen LogP contribution in [-0.2, 0) is 10.2 Å². The van der Waals surface area contributed by atoms with Crippen LogP contribution >= 0.6 is 0 Å². The van der Waals surface area contributed by atoms with Crippen LogP contribution in [0.5, 0.6) is 0 Å². The van der Waals surface area contributed by atoms with Gasteiger partial charge in [-0.15, -0.1) is 0 Å². The predicted octanol–water partition coefficient (Wildman–Crippen LogP) is 6.25. The summed E-state index contributed by atoms with van der Waals surface area (Å²) in [6.45, 7) is 15.0. The molecule has 0 fully saturated rings. The molecule has 0 bridgehead atoms. The molecular weight excluding hydrogens is 306 g/mol. The van der Waals surface area contributed by atoms with E-state index in [2.05, 4.69) is 53.3 Å². The number of hydrogen-bond acceptors (Lipinski definition) is 1. The van der Waals surface area contributed by atoms with Crippen LogP contribution in [0.15, 0.2) is 67.3 Å². The predicted molar refractivity (Wildman–Crippen MR) is 107 cm³/mol. The summed E-state index contributed by atoms with van der Waals surface area (Å²) in [6, 6.07) is 18.0. The van der Waals surface area contributed by atoms with Crippen LogP contribution in [0.2, 0.25) is 0 Å². The number of anilines is 2. The highest BCUT2D eigenvalue weighted by Crippen LogP contribution is 2.37. The molecule has 0 aliphatic rings. The van der Waals surface area contributed by atoms with Gasteiger partial charge in [0, 0.05) is 11.4 Å². The molecule has 2 nitrogen and oxygen atoms in total. The van der Waals surface area contributed by atoms with Crippen molar-refractivity contribution < 1.29 is 4.79 Å². The van der Waals surface area contributed by atoms with Crippen LogP contribution < -0.4 is 4.90 Å². The molecule has 2 heteroatoms. The van der Waals surface area contributed by atoms with Crippen molar-refractivity contribution in [3.63, 3.8) is 0 Å². The summed E-state index contributed by atoms with van der Waals surface area (Å²) in [5.41, 5.74) is 3.32. The molecule has 0 atom stereocenters. The van der Waals surface area contributed by atoms with E-state index in [9.17, 15) is 4.79 Å². The number of hydrogen-bond donors (Lipinski definition) is 0. The average Bonchev–Trinajstić information content (AvgIpc) is 2.54. The first-order valence-electron chi connectivity index (χ1n) is 8.76. The van der Waals surface area contributed by atoms with Gasteiger partial charge in [0.25, 0.3) is 5.91 Å². The van der Waals surface area contributed by atoms with Crippen molar-refractivity contribution in [3.05, 3.63) is 72.8 Å². The summed E-state index contributed by atoms with van der Waals surface area (Å²) in [7, 11) is 0. The maximum atomic E-state index is 12.4. The first-order valence-corrected chi connectivity index (χ1v) is 8.76. The molecule has 0 N–H and O–H groups in total. The fourth-order valence-electron chi connectivity index (χ4n) is 3.56. The number of carbonyl (C=O) groups is 1. The van der Waals surface area contributed by atoms with Crippen molar-refractivity contribution in [1.29, 1.82) is 0 Å². The van der Waals surface area contributed by atoms with Crippen molar-refractivity contribution >= 4 is 17.3 Å². The van der Waals surface area contributed by atoms with E-state index in [-0.39, 0.29) is 16.7 Å². The molecule has 2 aromatic rings. The summed E-state index contributed by atoms with van der Waals surface area (Å²) in [5, 5.41) is 0. The maximum Gasteiger partial charge on any atom is 0.254 e. The van der Waals surface area contributed by atoms with Crippen molar-refractivity contribution in [2.75, 3.05) is 4.90 Å². The van der Waals surface area contributed by atoms with E-state index < -0.39 is 0 Å². The molecule has 0 spiro atoms. The largest absolute Gasteiger partial charge is 0.278 e. The van der Waals surface area contributed by atoms with E-state index in [1.165, 1.54) is 11.6 Å². The van der Waals surface area contributed by atoms with Crippen LogP contribution in [-0.4, -0.2) is 5.91 Å². The zero-order valence-corrected chi connectivity index (χ0v) is 16.0. The van der Waals surface area contributed by atoms with Crippen LogP contribution in [0, 0.1) is 5.41 Å². The first-order chi connectivity index (χ1) is 11.6. The molecule has 0 aliphatic carbocycles. The van der Waals surface area contributed by atoms with Gasteiger partial charge in [-0.1, -0.05) is 71.5 Å². The average molecular weight is 335 g/mol. The molecule has 0 unspecified atom stereocenters. The Labute approximate surface area is 152 Å². The minimum absolute atomic E-state index is 0.0802. The Morgan fingerprint density at radius 2 is 1.44 bits per heavy atom. The highest BCUT2D eigenvalue weighted by Gasteiger charge is 2.27. The fourth-order valence-corrected chi connectivity index (χ4v) is 3.56. The molecule has 2 aromatic carbocycles. The van der Waals surface area contributed by atoms with Gasteiger partial charge in [-0.2, -0.15) is 0 Å². The van der Waals surface area contributed by atoms with E-state index in [1.54, 1.807) is 4.90 Å². The van der Waals surface area contributed by atoms with Gasteiger partial charge >= 0.3 is 0 Å². The van der Waals surface area contributed by atoms with Crippen molar-refractivity contribution in [2.24, 2.45) is 5.41 Å². The highest BCUT2D eigenvalue weighted by molar-refractivity contribution is 6.06. The summed E-state index contributed by atoms with van der Waals surface area (Å²) in [6.07, 6.45) is 2.44. The lowest BCUT2D eigenvalue weighted by atomic mass is 9.72. The zero-order valence-electron chi connectivity index (χ0n) is 16.0. The van der Waals surface area contributed by atoms with Gasteiger partial charge in [-0.25, -0.2) is 0 Å². The van der Waals surface area contributed by atoms with Crippen molar-refractivity contribution in [2.45, 2.75) is 46.5 Å². The molecule has 0 saturated heterocycles. The Morgan fingerprint density at radius 3 is 1.92 bits per heavy atom. The molecule has 2 rings (SSSR count). The summed E-state index contributed by atoms with van der Waals surface area (Å²) < 4.78 is 0. The smallest absolute Gasteiger partial charge is 0.254 e. The number of nitrogens with zero attached hydrogens (tertiary/aromatic N) is 1. The summed E-state index contributed by atoms with van der Waals surface area (Å²) in [5.74, 6) is -0.132. The minimum Gasteiger partial charge on any atom is -0.278 e. The molecule has 25 heavy (non-hydrogen) atoms. The van der Waals surface area contributed by atoms with Gasteiger partial charge in [0.15, 0.2) is 0 Å². The topological polar surface area (TPSA) is 20.3 Å². The SMILES string of the molecule is C=CC(=O)N(c1ccccc1)c1ccc(C(C)(C)CC(C)(C)C)cc1. The summed E-state index contributed by atoms with van der Waals surface area (Å²) in [4.78, 5) is 14.1. The fraction of sp³-hybridized carbons (Fsp3) is 0.348. The van der Waals surface area contributed by atoms with Crippen LogP contribution in [0.4, 0.5) is 11.4 Å². The molecular formula is C23H29NO. The Hall–Kier alpha value is -2.35. The van der Waals surface area contributed by atoms with E-state index in [0.717, 1.165) is 17.8 Å². The number of carbonyl (C=O) groups excluding carboxylic acids is 1. The van der Waals surface area contributed by atoms with Gasteiger partial charge in [0.05, 0.1) is 0 Å². The van der Waals surface area contributed by atoms with E-state index >= 15 is 0 Å². The number of amides is 1. The molecule has 0 aliphatic heterocycles. The molecule has 132 valence electrons. The number of para-hydroxylation sites is 1. The standard InChI is InChI=1S/C23H29NO/c1-7-21(25)24(19-11-9-8-10-12-19)20-15-13-18(14-16-20)23(5,6)17-22(2,3)4/h7-16H,1,17H2,2-6H3. The second kappa shape index (κ2) is 7.26. The Balaban J connectivity index is 2.36. The maximum absolute atomic E-state index is 12.4. The Kier molecular flexibility index (Phi) is 5.52. The first kappa shape index (κ1) is 19.0. The molecule has 0 radical (unpaired) electrons. The van der Waals surface area contributed by atoms with Gasteiger partial charge in [-0.05, 0) is 53.2 Å². The third-order valence-corrected chi connectivity index (χ3v) is 4.29. The molecule has 0 heterocycles. The van der Waals surface area contributed by atoms with Gasteiger partial charge in [0.1, 0.15) is 0 Å². The van der Waals surface area contributed by atoms with Gasteiger partial charge in [-0.3, -0.25) is 9.69 Å². The third-order valence-electron chi connectivity index (χ3n) is 4.29. The monoisotopic (exact) mass is 335 g/mol. The lowest BCUT2D eigenvalue weighted by Crippen LogP contribution is -2.26. The second-order valence-electron chi connectivity index (χ2n) is 8.38. The highest BCUT2D eigenvalue weighted by atomic mass is 16.2. The lowest BCUT2D eigenvalue weighted by molar-refractivity contribution is -0.113. The number of rotatable bonds is 5. The van der Waals surface area contributed by atoms with E-state index in [1.807, 2.05) is 42.5 Å². The number of benzene rings is 2. The molecule has 0 saturated carbocycles. The molecule has 1 amide bonds. The second-order valence-corrected chi connectivity index (χ2v) is 8.38. The molecule has 0 aromatic heterocycles. The van der Waals surface area contributed by atoms with E-state index in [4.69, 9.17) is 0 Å². The Bertz CT molecular complexity index is 721. The lowest BCUT2D eigenvalue weighted by Gasteiger charge is -2.33. The quantitative estimate of drug-likeness (QED) is 0.591. The van der Waals surface area contributed by atoms with E-state index in [0.29, 0.717) is 0 Å². The minimum atomic E-state index is -0.132. The van der Waals surface area contributed by atoms with Gasteiger partial charge < -0.3 is 0 Å². The van der Waals surface area contributed by atoms with Gasteiger partial charge in [0.2, 0.25) is 0 Å². The van der Waals surface area contributed by atoms with Crippen molar-refractivity contribution in [3.8, 4) is 0 Å². The third kappa shape index (κ3) is 4.82. The zero-order chi connectivity index (χ0) is 18.7. The van der Waals surface area contributed by atoms with Crippen molar-refractivity contribution in [1.82, 2.24) is 0 Å². The van der Waals surface area contributed by atoms with Crippen LogP contribution in [0.25, 0.3) is 0 Å². The normalized spacial score (nSPS) is 11.9. The summed E-state index contributed by atoms with van der Waals surface area (Å²) >= 11 is 0. The van der Waals surface area contributed by atoms with Crippen LogP contribution in [0.3, 0.4) is 0 Å². The Morgan fingerprint density at radius 1 is 0.920 bits per heavy atom.